The average Bonchev–Trinajstić information content (AvgIpc) is 3.38. The molecule has 0 spiro atoms. The molecule has 0 aliphatic carbocycles. The van der Waals surface area contributed by atoms with Gasteiger partial charge in [-0.2, -0.15) is 0 Å². The molecule has 1 fully saturated rings. The van der Waals surface area contributed by atoms with Crippen molar-refractivity contribution in [2.75, 3.05) is 23.6 Å². The van der Waals surface area contributed by atoms with Crippen molar-refractivity contribution >= 4 is 51.0 Å². The van der Waals surface area contributed by atoms with Gasteiger partial charge in [-0.3, -0.25) is 14.5 Å². The topological polar surface area (TPSA) is 158 Å². The minimum atomic E-state index is -3.89. The van der Waals surface area contributed by atoms with Gasteiger partial charge in [-0.1, -0.05) is 6.92 Å². The Labute approximate surface area is 254 Å². The number of ketones is 1. The van der Waals surface area contributed by atoms with Crippen LogP contribution >= 0.6 is 0 Å². The maximum Gasteiger partial charge on any atom is 0.410 e. The Morgan fingerprint density at radius 2 is 1.98 bits per heavy atom. The Kier molecular flexibility index (Phi) is 9.81. The largest absolute Gasteiger partial charge is 0.444 e. The van der Waals surface area contributed by atoms with Crippen molar-refractivity contribution in [3.8, 4) is 0 Å². The number of likely N-dealkylation sites (tertiary alicyclic amines) is 1. The molecule has 14 heteroatoms. The van der Waals surface area contributed by atoms with E-state index in [1.54, 1.807) is 24.1 Å². The van der Waals surface area contributed by atoms with Crippen LogP contribution in [0.15, 0.2) is 35.6 Å². The van der Waals surface area contributed by atoms with Crippen molar-refractivity contribution < 1.29 is 31.5 Å². The highest BCUT2D eigenvalue weighted by molar-refractivity contribution is 7.92. The third kappa shape index (κ3) is 7.65. The van der Waals surface area contributed by atoms with Gasteiger partial charge in [-0.15, -0.1) is 0 Å². The minimum Gasteiger partial charge on any atom is -0.444 e. The summed E-state index contributed by atoms with van der Waals surface area (Å²) in [6.07, 6.45) is 6.75. The van der Waals surface area contributed by atoms with E-state index in [1.165, 1.54) is 18.6 Å². The number of sulfonamides is 1. The number of amides is 1. The molecule has 236 valence electrons. The Hall–Kier alpha value is -4.20. The highest BCUT2D eigenvalue weighted by Crippen LogP contribution is 2.29. The molecule has 3 aromatic rings. The molecule has 1 amide bonds. The molecule has 0 radical (unpaired) electrons. The summed E-state index contributed by atoms with van der Waals surface area (Å²) in [6.45, 7) is 8.06. The number of carbonyl (C=O) groups excluding carboxylic acids is 2. The number of nitrogens with one attached hydrogen (secondary N) is 3. The van der Waals surface area contributed by atoms with E-state index < -0.39 is 50.2 Å². The highest BCUT2D eigenvalue weighted by atomic mass is 32.2. The fraction of sp³-hybridized carbons (Fsp3) is 0.433. The van der Waals surface area contributed by atoms with E-state index in [9.17, 15) is 22.4 Å². The smallest absolute Gasteiger partial charge is 0.410 e. The number of aliphatic imine (C=N–C) groups is 1. The number of H-pyrrole nitrogens is 1. The minimum absolute atomic E-state index is 0.0646. The molecule has 3 N–H and O–H groups in total. The summed E-state index contributed by atoms with van der Waals surface area (Å²) >= 11 is 0. The van der Waals surface area contributed by atoms with Crippen LogP contribution in [-0.4, -0.2) is 78.1 Å². The summed E-state index contributed by atoms with van der Waals surface area (Å²) in [5, 5.41) is 8.24. The molecule has 3 heterocycles. The van der Waals surface area contributed by atoms with E-state index >= 15 is 4.39 Å². The number of anilines is 1. The molecule has 0 bridgehead atoms. The summed E-state index contributed by atoms with van der Waals surface area (Å²) in [5.74, 6) is -4.34. The molecule has 2 aromatic heterocycles. The van der Waals surface area contributed by atoms with Crippen LogP contribution in [0, 0.1) is 17.0 Å². The van der Waals surface area contributed by atoms with Crippen LogP contribution in [0.2, 0.25) is 0 Å². The first kappa shape index (κ1) is 32.7. The van der Waals surface area contributed by atoms with Crippen molar-refractivity contribution in [3.05, 3.63) is 58.9 Å². The molecule has 0 saturated carbocycles. The number of piperidine rings is 1. The molecule has 1 aromatic carbocycles. The first-order chi connectivity index (χ1) is 20.7. The maximum absolute atomic E-state index is 15.3. The second-order valence-corrected chi connectivity index (χ2v) is 13.4. The van der Waals surface area contributed by atoms with Gasteiger partial charge < -0.3 is 20.0 Å². The van der Waals surface area contributed by atoms with Gasteiger partial charge in [0.05, 0.1) is 29.0 Å². The standard InChI is InChI=1S/C30H36F2N6O5S/c1-5-12-44(41,42)37-24-7-6-23(31)25(26(24)32)27(39)22-17-36-28-21(22)13-18(15-35-28)19(14-33)16-34-20-8-10-38(11-9-20)29(40)43-30(2,3)4/h6-7,13-17,19-20,33,37H,5,8-12H2,1-4H3,(H,35,36). The second-order valence-electron chi connectivity index (χ2n) is 11.6. The van der Waals surface area contributed by atoms with Gasteiger partial charge in [0, 0.05) is 48.9 Å². The number of aromatic nitrogens is 2. The molecule has 1 unspecified atom stereocenters. The second kappa shape index (κ2) is 13.2. The van der Waals surface area contributed by atoms with Crippen molar-refractivity contribution in [2.45, 2.75) is 64.5 Å². The lowest BCUT2D eigenvalue weighted by Gasteiger charge is -2.32. The summed E-state index contributed by atoms with van der Waals surface area (Å²) in [4.78, 5) is 39.2. The Morgan fingerprint density at radius 3 is 2.61 bits per heavy atom. The van der Waals surface area contributed by atoms with E-state index in [1.807, 2.05) is 20.8 Å². The quantitative estimate of drug-likeness (QED) is 0.200. The number of hydrogen-bond donors (Lipinski definition) is 3. The predicted octanol–water partition coefficient (Wildman–Crippen LogP) is 5.43. The van der Waals surface area contributed by atoms with Gasteiger partial charge in [0.1, 0.15) is 17.1 Å². The number of hydrogen-bond acceptors (Lipinski definition) is 8. The van der Waals surface area contributed by atoms with E-state index in [4.69, 9.17) is 10.1 Å². The average molecular weight is 631 g/mol. The fourth-order valence-electron chi connectivity index (χ4n) is 4.81. The number of carbonyl (C=O) groups is 2. The van der Waals surface area contributed by atoms with Crippen molar-refractivity contribution in [1.82, 2.24) is 14.9 Å². The number of ether oxygens (including phenoxy) is 1. The van der Waals surface area contributed by atoms with Crippen molar-refractivity contribution in [1.29, 1.82) is 5.41 Å². The lowest BCUT2D eigenvalue weighted by molar-refractivity contribution is 0.0207. The Morgan fingerprint density at radius 1 is 1.27 bits per heavy atom. The first-order valence-corrected chi connectivity index (χ1v) is 15.9. The van der Waals surface area contributed by atoms with Crippen LogP contribution in [0.25, 0.3) is 11.0 Å². The normalized spacial score (nSPS) is 15.5. The predicted molar refractivity (Wildman–Crippen MR) is 164 cm³/mol. The summed E-state index contributed by atoms with van der Waals surface area (Å²) in [5.41, 5.74) is -1.28. The molecule has 1 saturated heterocycles. The van der Waals surface area contributed by atoms with Gasteiger partial charge in [-0.25, -0.2) is 27.0 Å². The van der Waals surface area contributed by atoms with Gasteiger partial charge >= 0.3 is 6.09 Å². The molecule has 1 aliphatic rings. The van der Waals surface area contributed by atoms with Gasteiger partial charge in [-0.05, 0) is 63.8 Å². The maximum atomic E-state index is 15.3. The number of aromatic amines is 1. The van der Waals surface area contributed by atoms with Gasteiger partial charge in [0.2, 0.25) is 15.8 Å². The monoisotopic (exact) mass is 630 g/mol. The molecule has 11 nitrogen and oxygen atoms in total. The van der Waals surface area contributed by atoms with Crippen LogP contribution in [0.4, 0.5) is 19.3 Å². The summed E-state index contributed by atoms with van der Waals surface area (Å²) in [6, 6.07) is 3.30. The van der Waals surface area contributed by atoms with Gasteiger partial charge in [0.25, 0.3) is 0 Å². The number of halogens is 2. The number of pyridine rings is 1. The SMILES string of the molecule is CCCS(=O)(=O)Nc1ccc(F)c(C(=O)c2c[nH]c3ncc(C(C=N)C=NC4CCN(C(=O)OC(C)(C)C)CC4)cc23)c1F. The zero-order valence-corrected chi connectivity index (χ0v) is 25.8. The summed E-state index contributed by atoms with van der Waals surface area (Å²) < 4.78 is 62.0. The fourth-order valence-corrected chi connectivity index (χ4v) is 5.95. The molecule has 44 heavy (non-hydrogen) atoms. The van der Waals surface area contributed by atoms with E-state index in [0.717, 1.165) is 12.1 Å². The Bertz CT molecular complexity index is 1690. The number of fused-ring (bicyclic) bond motifs is 1. The van der Waals surface area contributed by atoms with E-state index in [2.05, 4.69) is 19.7 Å². The molecule has 1 atom stereocenters. The van der Waals surface area contributed by atoms with Gasteiger partial charge in [0.15, 0.2) is 5.82 Å². The van der Waals surface area contributed by atoms with Crippen LogP contribution in [0.3, 0.4) is 0 Å². The molecular formula is C30H36F2N6O5S. The van der Waals surface area contributed by atoms with Crippen LogP contribution in [0.1, 0.15) is 74.4 Å². The van der Waals surface area contributed by atoms with Crippen molar-refractivity contribution in [2.24, 2.45) is 4.99 Å². The van der Waals surface area contributed by atoms with Crippen LogP contribution in [-0.2, 0) is 14.8 Å². The van der Waals surface area contributed by atoms with E-state index in [-0.39, 0.29) is 40.9 Å². The number of nitrogens with zero attached hydrogens (tertiary/aromatic N) is 3. The highest BCUT2D eigenvalue weighted by Gasteiger charge is 2.28. The van der Waals surface area contributed by atoms with Crippen LogP contribution in [0.5, 0.6) is 0 Å². The third-order valence-electron chi connectivity index (χ3n) is 6.99. The first-order valence-electron chi connectivity index (χ1n) is 14.2. The zero-order chi connectivity index (χ0) is 32.2. The molecular weight excluding hydrogens is 594 g/mol. The number of benzene rings is 1. The van der Waals surface area contributed by atoms with Crippen molar-refractivity contribution in [3.63, 3.8) is 0 Å². The lowest BCUT2D eigenvalue weighted by atomic mass is 9.98. The Balaban J connectivity index is 1.54. The zero-order valence-electron chi connectivity index (χ0n) is 25.0. The summed E-state index contributed by atoms with van der Waals surface area (Å²) in [7, 11) is -3.89. The van der Waals surface area contributed by atoms with Crippen LogP contribution < -0.4 is 4.72 Å². The number of rotatable bonds is 10. The molecule has 4 rings (SSSR count). The lowest BCUT2D eigenvalue weighted by Crippen LogP contribution is -2.42. The van der Waals surface area contributed by atoms with E-state index in [0.29, 0.717) is 31.5 Å². The third-order valence-corrected chi connectivity index (χ3v) is 8.47. The molecule has 1 aliphatic heterocycles.